The van der Waals surface area contributed by atoms with Gasteiger partial charge in [-0.3, -0.25) is 4.31 Å². The molecule has 0 unspecified atom stereocenters. The molecule has 1 fully saturated rings. The van der Waals surface area contributed by atoms with Crippen molar-refractivity contribution in [1.29, 1.82) is 0 Å². The van der Waals surface area contributed by atoms with Gasteiger partial charge in [-0.15, -0.1) is 0 Å². The molecular formula is C11H16N2O2S. The lowest BCUT2D eigenvalue weighted by atomic mass is 10.2. The summed E-state index contributed by atoms with van der Waals surface area (Å²) in [6.07, 6.45) is 1.71. The Hall–Kier alpha value is -1.23. The minimum absolute atomic E-state index is 0.265. The number of nitrogens with one attached hydrogen (secondary N) is 1. The van der Waals surface area contributed by atoms with Crippen LogP contribution in [0.2, 0.25) is 0 Å². The van der Waals surface area contributed by atoms with Gasteiger partial charge < -0.3 is 5.32 Å². The summed E-state index contributed by atoms with van der Waals surface area (Å²) >= 11 is 0. The average Bonchev–Trinajstić information content (AvgIpc) is 2.29. The van der Waals surface area contributed by atoms with Crippen LogP contribution in [0.4, 0.5) is 11.4 Å². The lowest BCUT2D eigenvalue weighted by molar-refractivity contribution is 0.574. The molecule has 0 aliphatic carbocycles. The van der Waals surface area contributed by atoms with E-state index in [1.54, 1.807) is 0 Å². The summed E-state index contributed by atoms with van der Waals surface area (Å²) in [4.78, 5) is 0. The van der Waals surface area contributed by atoms with Gasteiger partial charge in [0.1, 0.15) is 0 Å². The normalized spacial score (nSPS) is 19.4. The van der Waals surface area contributed by atoms with Gasteiger partial charge in [0.25, 0.3) is 0 Å². The van der Waals surface area contributed by atoms with E-state index in [0.29, 0.717) is 6.54 Å². The number of nitrogens with zero attached hydrogens (tertiary/aromatic N) is 1. The Kier molecular flexibility index (Phi) is 3.05. The minimum Gasteiger partial charge on any atom is -0.388 e. The summed E-state index contributed by atoms with van der Waals surface area (Å²) in [6, 6.07) is 7.46. The molecule has 1 aliphatic rings. The number of hydrogen-bond donors (Lipinski definition) is 1. The predicted octanol–water partition coefficient (Wildman–Crippen LogP) is 1.66. The van der Waals surface area contributed by atoms with Crippen molar-refractivity contribution in [2.75, 3.05) is 29.0 Å². The largest absolute Gasteiger partial charge is 0.388 e. The van der Waals surface area contributed by atoms with Crippen LogP contribution < -0.4 is 9.62 Å². The fourth-order valence-electron chi connectivity index (χ4n) is 1.87. The molecule has 4 nitrogen and oxygen atoms in total. The Bertz CT molecular complexity index is 453. The topological polar surface area (TPSA) is 49.4 Å². The number of sulfonamides is 1. The van der Waals surface area contributed by atoms with E-state index in [2.05, 4.69) is 5.32 Å². The Balaban J connectivity index is 2.28. The van der Waals surface area contributed by atoms with Crippen molar-refractivity contribution >= 4 is 21.4 Å². The van der Waals surface area contributed by atoms with E-state index in [9.17, 15) is 8.42 Å². The van der Waals surface area contributed by atoms with Gasteiger partial charge in [0, 0.05) is 19.3 Å². The second-order valence-corrected chi connectivity index (χ2v) is 5.90. The molecule has 1 saturated heterocycles. The minimum atomic E-state index is -3.08. The van der Waals surface area contributed by atoms with Gasteiger partial charge >= 0.3 is 0 Å². The number of hydrogen-bond acceptors (Lipinski definition) is 3. The van der Waals surface area contributed by atoms with Crippen molar-refractivity contribution in [2.24, 2.45) is 0 Å². The smallest absolute Gasteiger partial charge is 0.235 e. The molecule has 1 heterocycles. The van der Waals surface area contributed by atoms with Gasteiger partial charge in [-0.1, -0.05) is 0 Å². The Morgan fingerprint density at radius 3 is 2.44 bits per heavy atom. The molecule has 0 bridgehead atoms. The van der Waals surface area contributed by atoms with Crippen LogP contribution >= 0.6 is 0 Å². The maximum Gasteiger partial charge on any atom is 0.235 e. The van der Waals surface area contributed by atoms with E-state index >= 15 is 0 Å². The molecule has 0 saturated carbocycles. The van der Waals surface area contributed by atoms with Crippen LogP contribution in [0.3, 0.4) is 0 Å². The maximum atomic E-state index is 11.8. The molecule has 0 aromatic heterocycles. The fourth-order valence-corrected chi connectivity index (χ4v) is 3.51. The van der Waals surface area contributed by atoms with E-state index in [4.69, 9.17) is 0 Å². The summed E-state index contributed by atoms with van der Waals surface area (Å²) in [7, 11) is -1.24. The second kappa shape index (κ2) is 4.33. The van der Waals surface area contributed by atoms with E-state index < -0.39 is 10.0 Å². The summed E-state index contributed by atoms with van der Waals surface area (Å²) in [5.41, 5.74) is 1.75. The quantitative estimate of drug-likeness (QED) is 0.855. The molecule has 2 rings (SSSR count). The van der Waals surface area contributed by atoms with Gasteiger partial charge in [0.2, 0.25) is 10.0 Å². The highest BCUT2D eigenvalue weighted by Crippen LogP contribution is 2.24. The molecular weight excluding hydrogens is 224 g/mol. The third-order valence-electron chi connectivity index (χ3n) is 2.79. The van der Waals surface area contributed by atoms with Gasteiger partial charge in [0.05, 0.1) is 11.4 Å². The molecule has 5 heteroatoms. The summed E-state index contributed by atoms with van der Waals surface area (Å²) < 4.78 is 25.2. The van der Waals surface area contributed by atoms with Crippen LogP contribution in [0.25, 0.3) is 0 Å². The predicted molar refractivity (Wildman–Crippen MR) is 66.4 cm³/mol. The molecule has 1 aliphatic heterocycles. The summed E-state index contributed by atoms with van der Waals surface area (Å²) in [5, 5.41) is 3.01. The molecule has 0 spiro atoms. The molecule has 0 amide bonds. The number of anilines is 2. The third-order valence-corrected chi connectivity index (χ3v) is 4.66. The molecule has 1 aromatic carbocycles. The zero-order chi connectivity index (χ0) is 11.6. The first kappa shape index (κ1) is 11.3. The third kappa shape index (κ3) is 2.14. The first-order chi connectivity index (χ1) is 7.63. The van der Waals surface area contributed by atoms with Crippen molar-refractivity contribution in [1.82, 2.24) is 0 Å². The van der Waals surface area contributed by atoms with Crippen LogP contribution in [0.1, 0.15) is 12.8 Å². The molecule has 1 N–H and O–H groups in total. The first-order valence-electron chi connectivity index (χ1n) is 5.42. The van der Waals surface area contributed by atoms with Crippen LogP contribution in [0.15, 0.2) is 24.3 Å². The van der Waals surface area contributed by atoms with Gasteiger partial charge in [-0.05, 0) is 37.1 Å². The fraction of sp³-hybridized carbons (Fsp3) is 0.455. The van der Waals surface area contributed by atoms with E-state index in [0.717, 1.165) is 24.2 Å². The van der Waals surface area contributed by atoms with Gasteiger partial charge in [0.15, 0.2) is 0 Å². The van der Waals surface area contributed by atoms with Crippen LogP contribution in [-0.2, 0) is 10.0 Å². The molecule has 0 atom stereocenters. The highest BCUT2D eigenvalue weighted by atomic mass is 32.2. The lowest BCUT2D eigenvalue weighted by Gasteiger charge is -2.28. The van der Waals surface area contributed by atoms with Crippen molar-refractivity contribution in [3.63, 3.8) is 0 Å². The van der Waals surface area contributed by atoms with E-state index in [1.165, 1.54) is 4.31 Å². The zero-order valence-corrected chi connectivity index (χ0v) is 10.1. The lowest BCUT2D eigenvalue weighted by Crippen LogP contribution is -2.37. The number of benzene rings is 1. The van der Waals surface area contributed by atoms with Gasteiger partial charge in [-0.2, -0.15) is 0 Å². The molecule has 16 heavy (non-hydrogen) atoms. The Morgan fingerprint density at radius 2 is 1.88 bits per heavy atom. The van der Waals surface area contributed by atoms with Crippen LogP contribution in [0, 0.1) is 0 Å². The molecule has 1 aromatic rings. The van der Waals surface area contributed by atoms with Crippen molar-refractivity contribution in [2.45, 2.75) is 12.8 Å². The second-order valence-electron chi connectivity index (χ2n) is 3.89. The van der Waals surface area contributed by atoms with Gasteiger partial charge in [-0.25, -0.2) is 8.42 Å². The number of rotatable bonds is 2. The Morgan fingerprint density at radius 1 is 1.19 bits per heavy atom. The molecule has 88 valence electrons. The Labute approximate surface area is 96.3 Å². The average molecular weight is 240 g/mol. The van der Waals surface area contributed by atoms with E-state index in [1.807, 2.05) is 31.3 Å². The summed E-state index contributed by atoms with van der Waals surface area (Å²) in [5.74, 6) is 0.265. The summed E-state index contributed by atoms with van der Waals surface area (Å²) in [6.45, 7) is 0.598. The van der Waals surface area contributed by atoms with Crippen molar-refractivity contribution in [3.05, 3.63) is 24.3 Å². The SMILES string of the molecule is CNc1ccc(N2CCCCS2(=O)=O)cc1. The standard InChI is InChI=1S/C11H16N2O2S/c1-12-10-4-6-11(7-5-10)13-8-2-3-9-16(13,14)15/h4-7,12H,2-3,8-9H2,1H3. The highest BCUT2D eigenvalue weighted by molar-refractivity contribution is 7.92. The monoisotopic (exact) mass is 240 g/mol. The zero-order valence-electron chi connectivity index (χ0n) is 9.31. The van der Waals surface area contributed by atoms with Crippen LogP contribution in [0.5, 0.6) is 0 Å². The van der Waals surface area contributed by atoms with Crippen molar-refractivity contribution in [3.8, 4) is 0 Å². The first-order valence-corrected chi connectivity index (χ1v) is 7.02. The van der Waals surface area contributed by atoms with E-state index in [-0.39, 0.29) is 5.75 Å². The molecule has 0 radical (unpaired) electrons. The van der Waals surface area contributed by atoms with Crippen molar-refractivity contribution < 1.29 is 8.42 Å². The van der Waals surface area contributed by atoms with Crippen LogP contribution in [-0.4, -0.2) is 27.8 Å². The maximum absolute atomic E-state index is 11.8. The highest BCUT2D eigenvalue weighted by Gasteiger charge is 2.25.